The number of rotatable bonds is 3. The molecular formula is C11H16N4OS. The third-order valence-corrected chi connectivity index (χ3v) is 4.26. The summed E-state index contributed by atoms with van der Waals surface area (Å²) in [7, 11) is 0. The molecule has 3 rings (SSSR count). The largest absolute Gasteiger partial charge is 0.311 e. The van der Waals surface area contributed by atoms with Crippen LogP contribution in [-0.4, -0.2) is 28.2 Å². The Bertz CT molecular complexity index is 382. The predicted octanol–water partition coefficient (Wildman–Crippen LogP) is 1.40. The fourth-order valence-electron chi connectivity index (χ4n) is 3.00. The first-order valence-corrected chi connectivity index (χ1v) is 6.99. The number of anilines is 1. The number of nitrogens with zero attached hydrogens (tertiary/aromatic N) is 2. The lowest BCUT2D eigenvalue weighted by molar-refractivity contribution is -0.117. The minimum absolute atomic E-state index is 0.0769. The zero-order chi connectivity index (χ0) is 11.7. The first-order valence-electron chi connectivity index (χ1n) is 6.11. The molecule has 2 aliphatic heterocycles. The van der Waals surface area contributed by atoms with Crippen molar-refractivity contribution in [2.75, 3.05) is 5.32 Å². The maximum atomic E-state index is 11.8. The quantitative estimate of drug-likeness (QED) is 0.853. The van der Waals surface area contributed by atoms with E-state index in [0.29, 0.717) is 29.6 Å². The van der Waals surface area contributed by atoms with Gasteiger partial charge in [-0.3, -0.25) is 4.79 Å². The number of aromatic nitrogens is 2. The van der Waals surface area contributed by atoms with E-state index in [1.165, 1.54) is 24.2 Å². The molecule has 3 heterocycles. The lowest BCUT2D eigenvalue weighted by Crippen LogP contribution is -2.39. The monoisotopic (exact) mass is 252 g/mol. The van der Waals surface area contributed by atoms with Crippen LogP contribution < -0.4 is 10.6 Å². The Morgan fingerprint density at radius 2 is 2.24 bits per heavy atom. The fourth-order valence-corrected chi connectivity index (χ4v) is 3.46. The number of piperidine rings is 1. The van der Waals surface area contributed by atoms with Gasteiger partial charge in [0.25, 0.3) is 0 Å². The highest BCUT2D eigenvalue weighted by Crippen LogP contribution is 2.32. The van der Waals surface area contributed by atoms with Gasteiger partial charge in [0, 0.05) is 18.5 Å². The van der Waals surface area contributed by atoms with E-state index < -0.39 is 0 Å². The van der Waals surface area contributed by atoms with E-state index in [4.69, 9.17) is 0 Å². The Hall–Kier alpha value is -1.01. The topological polar surface area (TPSA) is 66.9 Å². The third kappa shape index (κ3) is 2.63. The van der Waals surface area contributed by atoms with Gasteiger partial charge in [0.2, 0.25) is 11.0 Å². The standard InChI is InChI=1S/C11H16N4OS/c16-10(14-11-15-12-6-17-11)5-7-3-8-1-2-9(4-7)13-8/h6-9,13H,1-5H2,(H,14,15,16). The maximum absolute atomic E-state index is 11.8. The molecule has 0 aromatic carbocycles. The van der Waals surface area contributed by atoms with Crippen LogP contribution in [0.1, 0.15) is 32.1 Å². The molecule has 0 radical (unpaired) electrons. The molecule has 92 valence electrons. The van der Waals surface area contributed by atoms with Gasteiger partial charge >= 0.3 is 0 Å². The summed E-state index contributed by atoms with van der Waals surface area (Å²) in [6.45, 7) is 0. The number of carbonyl (C=O) groups is 1. The van der Waals surface area contributed by atoms with Crippen LogP contribution in [0.4, 0.5) is 5.13 Å². The Morgan fingerprint density at radius 1 is 1.47 bits per heavy atom. The van der Waals surface area contributed by atoms with E-state index in [9.17, 15) is 4.79 Å². The van der Waals surface area contributed by atoms with Crippen molar-refractivity contribution in [3.05, 3.63) is 5.51 Å². The summed E-state index contributed by atoms with van der Waals surface area (Å²) in [5.74, 6) is 0.606. The second-order valence-corrected chi connectivity index (χ2v) is 5.80. The van der Waals surface area contributed by atoms with E-state index in [0.717, 1.165) is 12.8 Å². The van der Waals surface area contributed by atoms with Gasteiger partial charge in [-0.25, -0.2) is 0 Å². The van der Waals surface area contributed by atoms with Crippen molar-refractivity contribution in [3.63, 3.8) is 0 Å². The molecule has 1 aromatic heterocycles. The Labute approximate surface area is 104 Å². The SMILES string of the molecule is O=C(CC1CC2CCC(C1)N2)Nc1nncs1. The van der Waals surface area contributed by atoms with Crippen LogP contribution >= 0.6 is 11.3 Å². The molecule has 0 aliphatic carbocycles. The number of carbonyl (C=O) groups excluding carboxylic acids is 1. The molecule has 2 saturated heterocycles. The summed E-state index contributed by atoms with van der Waals surface area (Å²) in [6, 6.07) is 1.29. The molecule has 2 fully saturated rings. The van der Waals surface area contributed by atoms with E-state index in [1.807, 2.05) is 0 Å². The zero-order valence-corrected chi connectivity index (χ0v) is 10.4. The lowest BCUT2D eigenvalue weighted by atomic mass is 9.89. The summed E-state index contributed by atoms with van der Waals surface area (Å²) in [4.78, 5) is 11.8. The molecule has 2 bridgehead atoms. The summed E-state index contributed by atoms with van der Waals surface area (Å²) < 4.78 is 0. The van der Waals surface area contributed by atoms with E-state index in [-0.39, 0.29) is 5.91 Å². The average molecular weight is 252 g/mol. The smallest absolute Gasteiger partial charge is 0.226 e. The van der Waals surface area contributed by atoms with Gasteiger partial charge < -0.3 is 10.6 Å². The zero-order valence-electron chi connectivity index (χ0n) is 9.56. The molecule has 17 heavy (non-hydrogen) atoms. The van der Waals surface area contributed by atoms with Crippen LogP contribution in [0, 0.1) is 5.92 Å². The van der Waals surface area contributed by atoms with Crippen molar-refractivity contribution in [2.24, 2.45) is 5.92 Å². The molecule has 2 N–H and O–H groups in total. The highest BCUT2D eigenvalue weighted by molar-refractivity contribution is 7.13. The van der Waals surface area contributed by atoms with E-state index in [1.54, 1.807) is 5.51 Å². The summed E-state index contributed by atoms with van der Waals surface area (Å²) in [5, 5.41) is 14.5. The minimum atomic E-state index is 0.0769. The lowest BCUT2D eigenvalue weighted by Gasteiger charge is -2.28. The van der Waals surface area contributed by atoms with Gasteiger partial charge in [-0.1, -0.05) is 11.3 Å². The Morgan fingerprint density at radius 3 is 2.88 bits per heavy atom. The first-order chi connectivity index (χ1) is 8.29. The Balaban J connectivity index is 1.51. The van der Waals surface area contributed by atoms with Crippen molar-refractivity contribution in [1.82, 2.24) is 15.5 Å². The molecule has 2 atom stereocenters. The minimum Gasteiger partial charge on any atom is -0.311 e. The molecule has 1 amide bonds. The van der Waals surface area contributed by atoms with Crippen molar-refractivity contribution in [3.8, 4) is 0 Å². The third-order valence-electron chi connectivity index (χ3n) is 3.65. The second kappa shape index (κ2) is 4.70. The number of hydrogen-bond acceptors (Lipinski definition) is 5. The molecule has 1 aromatic rings. The highest BCUT2D eigenvalue weighted by Gasteiger charge is 2.34. The number of amides is 1. The number of fused-ring (bicyclic) bond motifs is 2. The number of hydrogen-bond donors (Lipinski definition) is 2. The van der Waals surface area contributed by atoms with Gasteiger partial charge in [0.15, 0.2) is 0 Å². The molecule has 0 saturated carbocycles. The van der Waals surface area contributed by atoms with Gasteiger partial charge in [-0.2, -0.15) is 0 Å². The van der Waals surface area contributed by atoms with Crippen LogP contribution in [0.5, 0.6) is 0 Å². The Kier molecular flexibility index (Phi) is 3.07. The highest BCUT2D eigenvalue weighted by atomic mass is 32.1. The maximum Gasteiger partial charge on any atom is 0.226 e. The van der Waals surface area contributed by atoms with Crippen LogP contribution in [0.3, 0.4) is 0 Å². The van der Waals surface area contributed by atoms with Gasteiger partial charge in [-0.15, -0.1) is 10.2 Å². The molecule has 5 nitrogen and oxygen atoms in total. The predicted molar refractivity (Wildman–Crippen MR) is 65.8 cm³/mol. The molecular weight excluding hydrogens is 236 g/mol. The summed E-state index contributed by atoms with van der Waals surface area (Å²) in [5.41, 5.74) is 1.63. The van der Waals surface area contributed by atoms with Crippen molar-refractivity contribution in [1.29, 1.82) is 0 Å². The van der Waals surface area contributed by atoms with Crippen molar-refractivity contribution in [2.45, 2.75) is 44.2 Å². The summed E-state index contributed by atoms with van der Waals surface area (Å²) >= 11 is 1.36. The van der Waals surface area contributed by atoms with Gasteiger partial charge in [0.05, 0.1) is 0 Å². The van der Waals surface area contributed by atoms with Gasteiger partial charge in [0.1, 0.15) is 5.51 Å². The average Bonchev–Trinajstić information content (AvgIpc) is 2.89. The van der Waals surface area contributed by atoms with Crippen molar-refractivity contribution >= 4 is 22.4 Å². The first kappa shape index (κ1) is 11.1. The summed E-state index contributed by atoms with van der Waals surface area (Å²) in [6.07, 6.45) is 5.45. The molecule has 6 heteroatoms. The normalized spacial score (nSPS) is 31.4. The molecule has 2 unspecified atom stereocenters. The van der Waals surface area contributed by atoms with Crippen LogP contribution in [0.15, 0.2) is 5.51 Å². The number of nitrogens with one attached hydrogen (secondary N) is 2. The van der Waals surface area contributed by atoms with Crippen LogP contribution in [-0.2, 0) is 4.79 Å². The van der Waals surface area contributed by atoms with E-state index >= 15 is 0 Å². The second-order valence-electron chi connectivity index (χ2n) is 4.97. The molecule has 2 aliphatic rings. The van der Waals surface area contributed by atoms with Crippen molar-refractivity contribution < 1.29 is 4.79 Å². The van der Waals surface area contributed by atoms with Crippen LogP contribution in [0.2, 0.25) is 0 Å². The van der Waals surface area contributed by atoms with Gasteiger partial charge in [-0.05, 0) is 31.6 Å². The van der Waals surface area contributed by atoms with E-state index in [2.05, 4.69) is 20.8 Å². The molecule has 0 spiro atoms. The van der Waals surface area contributed by atoms with Crippen LogP contribution in [0.25, 0.3) is 0 Å². The fraction of sp³-hybridized carbons (Fsp3) is 0.727.